The number of hydrogen-bond acceptors (Lipinski definition) is 7. The van der Waals surface area contributed by atoms with E-state index in [1.54, 1.807) is 29.4 Å². The van der Waals surface area contributed by atoms with E-state index in [9.17, 15) is 0 Å². The summed E-state index contributed by atoms with van der Waals surface area (Å²) in [6.45, 7) is 2.20. The monoisotopic (exact) mass is 344 g/mol. The maximum Gasteiger partial charge on any atom is 0.226 e. The maximum atomic E-state index is 5.56. The van der Waals surface area contributed by atoms with Crippen molar-refractivity contribution in [3.8, 4) is 11.5 Å². The number of aromatic nitrogens is 3. The lowest BCUT2D eigenvalue weighted by atomic mass is 10.2. The van der Waals surface area contributed by atoms with Crippen LogP contribution >= 0.6 is 23.1 Å². The first-order valence-corrected chi connectivity index (χ1v) is 9.40. The Morgan fingerprint density at radius 1 is 1.13 bits per heavy atom. The molecule has 7 heteroatoms. The predicted molar refractivity (Wildman–Crippen MR) is 92.9 cm³/mol. The van der Waals surface area contributed by atoms with Gasteiger partial charge in [0.05, 0.1) is 5.69 Å². The second-order valence-corrected chi connectivity index (χ2v) is 7.52. The molecule has 1 fully saturated rings. The van der Waals surface area contributed by atoms with Crippen molar-refractivity contribution < 1.29 is 4.42 Å². The summed E-state index contributed by atoms with van der Waals surface area (Å²) in [7, 11) is 0. The van der Waals surface area contributed by atoms with Crippen molar-refractivity contribution in [3.05, 3.63) is 42.3 Å². The highest BCUT2D eigenvalue weighted by molar-refractivity contribution is 8.00. The number of anilines is 1. The predicted octanol–water partition coefficient (Wildman–Crippen LogP) is 4.09. The van der Waals surface area contributed by atoms with Crippen molar-refractivity contribution in [3.63, 3.8) is 0 Å². The molecule has 0 N–H and O–H groups in total. The molecule has 0 radical (unpaired) electrons. The van der Waals surface area contributed by atoms with Gasteiger partial charge in [-0.15, -0.1) is 10.2 Å². The van der Waals surface area contributed by atoms with Crippen LogP contribution in [0.25, 0.3) is 11.5 Å². The van der Waals surface area contributed by atoms with Gasteiger partial charge in [-0.25, -0.2) is 4.98 Å². The largest absolute Gasteiger partial charge is 0.444 e. The second kappa shape index (κ2) is 6.72. The molecular formula is C16H16N4OS2. The summed E-state index contributed by atoms with van der Waals surface area (Å²) in [6, 6.07) is 9.94. The zero-order valence-electron chi connectivity index (χ0n) is 12.5. The SMILES string of the molecule is c1ccc(-c2nc(CSc3nnc(N4CCCC4)s3)co2)cc1. The van der Waals surface area contributed by atoms with E-state index in [-0.39, 0.29) is 0 Å². The van der Waals surface area contributed by atoms with Gasteiger partial charge in [-0.1, -0.05) is 41.3 Å². The fraction of sp³-hybridized carbons (Fsp3) is 0.312. The minimum atomic E-state index is 0.663. The Kier molecular flexibility index (Phi) is 4.30. The summed E-state index contributed by atoms with van der Waals surface area (Å²) in [4.78, 5) is 6.85. The van der Waals surface area contributed by atoms with Crippen molar-refractivity contribution in [2.45, 2.75) is 22.9 Å². The standard InChI is InChI=1S/C16H16N4OS2/c1-2-6-12(7-3-1)14-17-13(10-21-14)11-22-16-19-18-15(23-16)20-8-4-5-9-20/h1-3,6-7,10H,4-5,8-9,11H2. The molecule has 0 aliphatic carbocycles. The van der Waals surface area contributed by atoms with E-state index in [1.165, 1.54) is 12.8 Å². The summed E-state index contributed by atoms with van der Waals surface area (Å²) >= 11 is 3.32. The Morgan fingerprint density at radius 3 is 2.78 bits per heavy atom. The minimum Gasteiger partial charge on any atom is -0.444 e. The van der Waals surface area contributed by atoms with Gasteiger partial charge in [0.1, 0.15) is 6.26 Å². The first-order valence-electron chi connectivity index (χ1n) is 7.59. The molecule has 5 nitrogen and oxygen atoms in total. The highest BCUT2D eigenvalue weighted by atomic mass is 32.2. The molecule has 3 heterocycles. The first-order chi connectivity index (χ1) is 11.4. The van der Waals surface area contributed by atoms with Crippen LogP contribution in [0.3, 0.4) is 0 Å². The summed E-state index contributed by atoms with van der Waals surface area (Å²) in [6.07, 6.45) is 4.23. The molecular weight excluding hydrogens is 328 g/mol. The van der Waals surface area contributed by atoms with Crippen LogP contribution in [0.1, 0.15) is 18.5 Å². The topological polar surface area (TPSA) is 55.1 Å². The fourth-order valence-corrected chi connectivity index (χ4v) is 4.29. The van der Waals surface area contributed by atoms with Gasteiger partial charge in [-0.2, -0.15) is 0 Å². The molecule has 0 spiro atoms. The third kappa shape index (κ3) is 3.40. The van der Waals surface area contributed by atoms with Gasteiger partial charge in [-0.3, -0.25) is 0 Å². The lowest BCUT2D eigenvalue weighted by Crippen LogP contribution is -2.17. The Bertz CT molecular complexity index is 765. The van der Waals surface area contributed by atoms with Crippen molar-refractivity contribution in [1.29, 1.82) is 0 Å². The normalized spacial score (nSPS) is 14.5. The van der Waals surface area contributed by atoms with E-state index >= 15 is 0 Å². The minimum absolute atomic E-state index is 0.663. The Balaban J connectivity index is 1.39. The molecule has 0 atom stereocenters. The van der Waals surface area contributed by atoms with E-state index < -0.39 is 0 Å². The van der Waals surface area contributed by atoms with E-state index in [1.807, 2.05) is 30.3 Å². The molecule has 4 rings (SSSR count). The van der Waals surface area contributed by atoms with Gasteiger partial charge >= 0.3 is 0 Å². The van der Waals surface area contributed by atoms with Crippen molar-refractivity contribution in [2.24, 2.45) is 0 Å². The summed E-state index contributed by atoms with van der Waals surface area (Å²) < 4.78 is 6.54. The van der Waals surface area contributed by atoms with Crippen LogP contribution in [-0.4, -0.2) is 28.3 Å². The average Bonchev–Trinajstić information content (AvgIpc) is 3.33. The highest BCUT2D eigenvalue weighted by Crippen LogP contribution is 2.32. The zero-order valence-corrected chi connectivity index (χ0v) is 14.1. The summed E-state index contributed by atoms with van der Waals surface area (Å²) in [5, 5.41) is 9.60. The van der Waals surface area contributed by atoms with Gasteiger partial charge < -0.3 is 9.32 Å². The molecule has 3 aromatic rings. The smallest absolute Gasteiger partial charge is 0.226 e. The summed E-state index contributed by atoms with van der Waals surface area (Å²) in [5.41, 5.74) is 1.92. The van der Waals surface area contributed by atoms with Crippen LogP contribution in [0.2, 0.25) is 0 Å². The van der Waals surface area contributed by atoms with Crippen LogP contribution in [0.15, 0.2) is 45.4 Å². The molecule has 1 saturated heterocycles. The molecule has 1 aromatic carbocycles. The van der Waals surface area contributed by atoms with Crippen molar-refractivity contribution in [1.82, 2.24) is 15.2 Å². The number of oxazole rings is 1. The van der Waals surface area contributed by atoms with Crippen LogP contribution in [-0.2, 0) is 5.75 Å². The molecule has 1 aliphatic heterocycles. The molecule has 118 valence electrons. The van der Waals surface area contributed by atoms with Gasteiger partial charge in [0, 0.05) is 24.4 Å². The van der Waals surface area contributed by atoms with Gasteiger partial charge in [0.2, 0.25) is 11.0 Å². The molecule has 0 saturated carbocycles. The fourth-order valence-electron chi connectivity index (χ4n) is 2.52. The van der Waals surface area contributed by atoms with E-state index in [0.717, 1.165) is 39.6 Å². The number of nitrogens with zero attached hydrogens (tertiary/aromatic N) is 4. The quantitative estimate of drug-likeness (QED) is 0.650. The number of rotatable bonds is 5. The third-order valence-electron chi connectivity index (χ3n) is 3.69. The molecule has 0 bridgehead atoms. The Morgan fingerprint density at radius 2 is 1.96 bits per heavy atom. The zero-order chi connectivity index (χ0) is 15.5. The number of hydrogen-bond donors (Lipinski definition) is 0. The maximum absolute atomic E-state index is 5.56. The van der Waals surface area contributed by atoms with Crippen LogP contribution in [0.5, 0.6) is 0 Å². The van der Waals surface area contributed by atoms with Crippen LogP contribution in [0.4, 0.5) is 5.13 Å². The number of benzene rings is 1. The Hall–Kier alpha value is -1.86. The average molecular weight is 344 g/mol. The number of thioether (sulfide) groups is 1. The van der Waals surface area contributed by atoms with E-state index in [4.69, 9.17) is 4.42 Å². The summed E-state index contributed by atoms with van der Waals surface area (Å²) in [5.74, 6) is 1.40. The Labute approximate surface area is 142 Å². The lowest BCUT2D eigenvalue weighted by Gasteiger charge is -2.10. The van der Waals surface area contributed by atoms with Crippen LogP contribution in [0, 0.1) is 0 Å². The molecule has 23 heavy (non-hydrogen) atoms. The first kappa shape index (κ1) is 14.7. The van der Waals surface area contributed by atoms with Gasteiger partial charge in [0.25, 0.3) is 0 Å². The van der Waals surface area contributed by atoms with Gasteiger partial charge in [-0.05, 0) is 25.0 Å². The van der Waals surface area contributed by atoms with Gasteiger partial charge in [0.15, 0.2) is 4.34 Å². The van der Waals surface area contributed by atoms with E-state index in [0.29, 0.717) is 5.89 Å². The molecule has 0 amide bonds. The molecule has 2 aromatic heterocycles. The second-order valence-electron chi connectivity index (χ2n) is 5.34. The lowest BCUT2D eigenvalue weighted by molar-refractivity contribution is 0.573. The highest BCUT2D eigenvalue weighted by Gasteiger charge is 2.17. The molecule has 0 unspecified atom stereocenters. The molecule has 1 aliphatic rings. The third-order valence-corrected chi connectivity index (χ3v) is 5.84. The van der Waals surface area contributed by atoms with E-state index in [2.05, 4.69) is 20.1 Å². The van der Waals surface area contributed by atoms with Crippen molar-refractivity contribution >= 4 is 28.2 Å². The van der Waals surface area contributed by atoms with Crippen molar-refractivity contribution in [2.75, 3.05) is 18.0 Å². The van der Waals surface area contributed by atoms with Crippen LogP contribution < -0.4 is 4.90 Å².